The predicted octanol–water partition coefficient (Wildman–Crippen LogP) is 5.38. The van der Waals surface area contributed by atoms with Gasteiger partial charge in [0.05, 0.1) is 11.8 Å². The summed E-state index contributed by atoms with van der Waals surface area (Å²) >= 11 is 0. The molecular formula is C22H27F3N4O2. The van der Waals surface area contributed by atoms with Crippen LogP contribution in [0.4, 0.5) is 24.9 Å². The van der Waals surface area contributed by atoms with Crippen LogP contribution in [-0.4, -0.2) is 41.6 Å². The molecule has 4 rings (SSSR count). The second-order valence-corrected chi connectivity index (χ2v) is 8.03. The van der Waals surface area contributed by atoms with Crippen molar-refractivity contribution in [3.05, 3.63) is 30.3 Å². The summed E-state index contributed by atoms with van der Waals surface area (Å²) in [5.41, 5.74) is 1.05. The number of ether oxygens (including phenoxy) is 2. The molecule has 2 aliphatic rings. The Morgan fingerprint density at radius 1 is 1.03 bits per heavy atom. The molecule has 31 heavy (non-hydrogen) atoms. The number of benzene rings is 1. The van der Waals surface area contributed by atoms with Crippen molar-refractivity contribution in [2.75, 3.05) is 23.8 Å². The van der Waals surface area contributed by atoms with E-state index in [1.54, 1.807) is 12.1 Å². The molecule has 0 bridgehead atoms. The maximum atomic E-state index is 12.6. The number of rotatable bonds is 7. The Hall–Kier alpha value is -2.55. The highest BCUT2D eigenvalue weighted by atomic mass is 19.4. The van der Waals surface area contributed by atoms with E-state index in [2.05, 4.69) is 25.3 Å². The first-order valence-corrected chi connectivity index (χ1v) is 10.8. The number of hydrogen-bond donors (Lipinski definition) is 2. The van der Waals surface area contributed by atoms with Crippen LogP contribution in [0.3, 0.4) is 0 Å². The Morgan fingerprint density at radius 2 is 1.87 bits per heavy atom. The van der Waals surface area contributed by atoms with Gasteiger partial charge in [-0.25, -0.2) is 4.98 Å². The molecule has 2 aromatic rings. The van der Waals surface area contributed by atoms with Gasteiger partial charge in [-0.15, -0.1) is 13.2 Å². The van der Waals surface area contributed by atoms with E-state index in [0.717, 1.165) is 45.1 Å². The van der Waals surface area contributed by atoms with Gasteiger partial charge in [0, 0.05) is 30.8 Å². The van der Waals surface area contributed by atoms with E-state index >= 15 is 0 Å². The number of nitrogens with zero attached hydrogens (tertiary/aromatic N) is 2. The molecule has 1 aliphatic carbocycles. The summed E-state index contributed by atoms with van der Waals surface area (Å²) in [5.74, 6) is 0.807. The summed E-state index contributed by atoms with van der Waals surface area (Å²) in [5, 5.41) is 6.71. The van der Waals surface area contributed by atoms with Crippen LogP contribution < -0.4 is 15.4 Å². The highest BCUT2D eigenvalue weighted by molar-refractivity contribution is 5.66. The van der Waals surface area contributed by atoms with Crippen molar-refractivity contribution in [1.29, 1.82) is 0 Å². The summed E-state index contributed by atoms with van der Waals surface area (Å²) in [6, 6.07) is 7.88. The third-order valence-electron chi connectivity index (χ3n) is 5.56. The first kappa shape index (κ1) is 21.7. The van der Waals surface area contributed by atoms with E-state index in [0.29, 0.717) is 35.6 Å². The maximum absolute atomic E-state index is 12.6. The summed E-state index contributed by atoms with van der Waals surface area (Å²) < 4.78 is 47.6. The molecule has 168 valence electrons. The number of alkyl halides is 3. The summed E-state index contributed by atoms with van der Waals surface area (Å²) in [6.07, 6.45) is 3.11. The SMILES string of the molecule is FC(F)(F)Oc1cccc(-c2cc(NC[C@H]3CCCO3)nc(NC3CCCCC3)n2)c1. The van der Waals surface area contributed by atoms with Crippen molar-refractivity contribution in [3.63, 3.8) is 0 Å². The summed E-state index contributed by atoms with van der Waals surface area (Å²) in [7, 11) is 0. The average Bonchev–Trinajstić information content (AvgIpc) is 3.26. The molecule has 0 radical (unpaired) electrons. The van der Waals surface area contributed by atoms with Crippen molar-refractivity contribution in [3.8, 4) is 17.0 Å². The van der Waals surface area contributed by atoms with Crippen molar-refractivity contribution < 1.29 is 22.6 Å². The molecule has 1 aliphatic heterocycles. The van der Waals surface area contributed by atoms with E-state index in [1.165, 1.54) is 24.6 Å². The molecule has 1 atom stereocenters. The monoisotopic (exact) mass is 436 g/mol. The van der Waals surface area contributed by atoms with E-state index in [-0.39, 0.29) is 11.9 Å². The third kappa shape index (κ3) is 6.46. The molecule has 9 heteroatoms. The first-order valence-electron chi connectivity index (χ1n) is 10.8. The molecular weight excluding hydrogens is 409 g/mol. The topological polar surface area (TPSA) is 68.3 Å². The van der Waals surface area contributed by atoms with Gasteiger partial charge in [-0.3, -0.25) is 0 Å². The number of nitrogens with one attached hydrogen (secondary N) is 2. The zero-order valence-corrected chi connectivity index (χ0v) is 17.3. The minimum Gasteiger partial charge on any atom is -0.406 e. The smallest absolute Gasteiger partial charge is 0.406 e. The Labute approximate surface area is 179 Å². The van der Waals surface area contributed by atoms with E-state index in [4.69, 9.17) is 4.74 Å². The van der Waals surface area contributed by atoms with Gasteiger partial charge >= 0.3 is 6.36 Å². The van der Waals surface area contributed by atoms with Crippen molar-refractivity contribution in [1.82, 2.24) is 9.97 Å². The van der Waals surface area contributed by atoms with Crippen molar-refractivity contribution in [2.45, 2.75) is 63.5 Å². The Morgan fingerprint density at radius 3 is 2.61 bits per heavy atom. The molecule has 2 fully saturated rings. The normalized spacial score (nSPS) is 19.9. The van der Waals surface area contributed by atoms with Crippen molar-refractivity contribution >= 4 is 11.8 Å². The highest BCUT2D eigenvalue weighted by Gasteiger charge is 2.31. The minimum absolute atomic E-state index is 0.136. The molecule has 2 N–H and O–H groups in total. The van der Waals surface area contributed by atoms with Gasteiger partial charge in [0.2, 0.25) is 5.95 Å². The second kappa shape index (κ2) is 9.72. The lowest BCUT2D eigenvalue weighted by molar-refractivity contribution is -0.274. The van der Waals surface area contributed by atoms with Gasteiger partial charge in [-0.1, -0.05) is 31.4 Å². The zero-order valence-electron chi connectivity index (χ0n) is 17.3. The Kier molecular flexibility index (Phi) is 6.80. The third-order valence-corrected chi connectivity index (χ3v) is 5.56. The van der Waals surface area contributed by atoms with E-state index in [1.807, 2.05) is 0 Å². The fraction of sp³-hybridized carbons (Fsp3) is 0.545. The van der Waals surface area contributed by atoms with E-state index in [9.17, 15) is 13.2 Å². The van der Waals surface area contributed by atoms with Crippen LogP contribution >= 0.6 is 0 Å². The van der Waals surface area contributed by atoms with Crippen LogP contribution in [0, 0.1) is 0 Å². The lowest BCUT2D eigenvalue weighted by Gasteiger charge is -2.23. The van der Waals surface area contributed by atoms with Crippen molar-refractivity contribution in [2.24, 2.45) is 0 Å². The molecule has 1 saturated carbocycles. The first-order chi connectivity index (χ1) is 14.9. The lowest BCUT2D eigenvalue weighted by Crippen LogP contribution is -2.24. The molecule has 0 unspecified atom stereocenters. The summed E-state index contributed by atoms with van der Waals surface area (Å²) in [6.45, 7) is 1.39. The van der Waals surface area contributed by atoms with Crippen LogP contribution in [0.25, 0.3) is 11.3 Å². The number of halogens is 3. The fourth-order valence-electron chi connectivity index (χ4n) is 4.06. The largest absolute Gasteiger partial charge is 0.573 e. The van der Waals surface area contributed by atoms with Crippen LogP contribution in [0.1, 0.15) is 44.9 Å². The molecule has 0 amide bonds. The second-order valence-electron chi connectivity index (χ2n) is 8.03. The molecule has 1 saturated heterocycles. The molecule has 1 aromatic heterocycles. The van der Waals surface area contributed by atoms with E-state index < -0.39 is 6.36 Å². The van der Waals surface area contributed by atoms with Crippen LogP contribution in [-0.2, 0) is 4.74 Å². The number of aromatic nitrogens is 2. The van der Waals surface area contributed by atoms with Gasteiger partial charge in [0.1, 0.15) is 11.6 Å². The average molecular weight is 436 g/mol. The van der Waals surface area contributed by atoms with Gasteiger partial charge in [0.15, 0.2) is 0 Å². The maximum Gasteiger partial charge on any atom is 0.573 e. The van der Waals surface area contributed by atoms with Crippen LogP contribution in [0.5, 0.6) is 5.75 Å². The molecule has 2 heterocycles. The summed E-state index contributed by atoms with van der Waals surface area (Å²) in [4.78, 5) is 9.18. The highest BCUT2D eigenvalue weighted by Crippen LogP contribution is 2.29. The number of anilines is 2. The number of hydrogen-bond acceptors (Lipinski definition) is 6. The van der Waals surface area contributed by atoms with Gasteiger partial charge in [-0.2, -0.15) is 4.98 Å². The molecule has 0 spiro atoms. The quantitative estimate of drug-likeness (QED) is 0.608. The molecule has 6 nitrogen and oxygen atoms in total. The van der Waals surface area contributed by atoms with Gasteiger partial charge in [-0.05, 0) is 37.8 Å². The van der Waals surface area contributed by atoms with Crippen LogP contribution in [0.2, 0.25) is 0 Å². The zero-order chi connectivity index (χ0) is 21.7. The Bertz CT molecular complexity index is 866. The van der Waals surface area contributed by atoms with Crippen LogP contribution in [0.15, 0.2) is 30.3 Å². The molecule has 1 aromatic carbocycles. The Balaban J connectivity index is 1.57. The lowest BCUT2D eigenvalue weighted by atomic mass is 9.96. The predicted molar refractivity (Wildman–Crippen MR) is 112 cm³/mol. The fourth-order valence-corrected chi connectivity index (χ4v) is 4.06. The van der Waals surface area contributed by atoms with Gasteiger partial charge in [0.25, 0.3) is 0 Å². The standard InChI is InChI=1S/C22H27F3N4O2/c23-22(24,25)31-17-9-4-6-15(12-17)19-13-20(26-14-18-10-5-11-30-18)29-21(28-19)27-16-7-2-1-3-8-16/h4,6,9,12-13,16,18H,1-3,5,7-8,10-11,14H2,(H2,26,27,28,29)/t18-/m1/s1. The van der Waals surface area contributed by atoms with Gasteiger partial charge < -0.3 is 20.1 Å². The minimum atomic E-state index is -4.74.